The summed E-state index contributed by atoms with van der Waals surface area (Å²) in [6.45, 7) is 0. The molecule has 0 saturated heterocycles. The van der Waals surface area contributed by atoms with Crippen molar-refractivity contribution < 1.29 is 0 Å². The molecule has 9 aromatic rings. The highest BCUT2D eigenvalue weighted by atomic mass is 32.1. The normalized spacial score (nSPS) is 11.3. The Balaban J connectivity index is 1.12. The van der Waals surface area contributed by atoms with E-state index in [2.05, 4.69) is 158 Å². The molecule has 0 spiro atoms. The van der Waals surface area contributed by atoms with Crippen LogP contribution in [0.5, 0.6) is 0 Å². The Labute approximate surface area is 288 Å². The topological polar surface area (TPSA) is 38.7 Å². The fourth-order valence-corrected chi connectivity index (χ4v) is 7.40. The Morgan fingerprint density at radius 1 is 0.347 bits per heavy atom. The van der Waals surface area contributed by atoms with Crippen molar-refractivity contribution in [1.82, 2.24) is 15.0 Å². The van der Waals surface area contributed by atoms with Crippen molar-refractivity contribution in [1.29, 1.82) is 0 Å². The Morgan fingerprint density at radius 3 is 1.63 bits per heavy atom. The molecule has 0 atom stereocenters. The highest BCUT2D eigenvalue weighted by Crippen LogP contribution is 2.37. The van der Waals surface area contributed by atoms with Crippen LogP contribution < -0.4 is 0 Å². The van der Waals surface area contributed by atoms with Crippen molar-refractivity contribution >= 4 is 32.3 Å². The minimum Gasteiger partial charge on any atom is -0.235 e. The van der Waals surface area contributed by atoms with Gasteiger partial charge in [-0.25, -0.2) is 15.0 Å². The third kappa shape index (κ3) is 5.69. The minimum absolute atomic E-state index is 0.696. The maximum absolute atomic E-state index is 5.16. The van der Waals surface area contributed by atoms with Crippen LogP contribution in [0.1, 0.15) is 0 Å². The van der Waals surface area contributed by atoms with Crippen LogP contribution in [0, 0.1) is 0 Å². The van der Waals surface area contributed by atoms with Crippen LogP contribution in [0.2, 0.25) is 0 Å². The third-order valence-electron chi connectivity index (χ3n) is 8.91. The molecule has 9 rings (SSSR count). The standard InChI is InChI=1S/C45H29N3S/c1-4-12-30(13-5-1)33-18-10-20-37(27-33)41-29-40(31-14-6-2-7-15-31)46-44(47-41)38-21-11-19-34(28-38)35-22-24-39-36(26-35)23-25-42-43(39)48-45(49-42)32-16-8-3-9-17-32/h1-29H. The van der Waals surface area contributed by atoms with Crippen molar-refractivity contribution in [2.75, 3.05) is 0 Å². The summed E-state index contributed by atoms with van der Waals surface area (Å²) in [5.41, 5.74) is 11.7. The van der Waals surface area contributed by atoms with Crippen LogP contribution in [0.15, 0.2) is 176 Å². The lowest BCUT2D eigenvalue weighted by Gasteiger charge is -2.12. The number of nitrogens with zero attached hydrogens (tertiary/aromatic N) is 3. The number of rotatable bonds is 6. The molecule has 0 saturated carbocycles. The first kappa shape index (κ1) is 29.0. The van der Waals surface area contributed by atoms with Gasteiger partial charge in [-0.05, 0) is 58.0 Å². The van der Waals surface area contributed by atoms with Gasteiger partial charge in [0.25, 0.3) is 0 Å². The molecule has 49 heavy (non-hydrogen) atoms. The van der Waals surface area contributed by atoms with Crippen LogP contribution in [0.4, 0.5) is 0 Å². The molecular weight excluding hydrogens is 615 g/mol. The van der Waals surface area contributed by atoms with Gasteiger partial charge in [0.2, 0.25) is 0 Å². The molecule has 0 N–H and O–H groups in total. The Morgan fingerprint density at radius 2 is 0.898 bits per heavy atom. The first-order chi connectivity index (χ1) is 24.2. The summed E-state index contributed by atoms with van der Waals surface area (Å²) in [5.74, 6) is 0.696. The fraction of sp³-hybridized carbons (Fsp3) is 0. The number of benzene rings is 7. The maximum Gasteiger partial charge on any atom is 0.160 e. The van der Waals surface area contributed by atoms with Crippen molar-refractivity contribution in [3.63, 3.8) is 0 Å². The molecule has 0 unspecified atom stereocenters. The summed E-state index contributed by atoms with van der Waals surface area (Å²) < 4.78 is 1.20. The Kier molecular flexibility index (Phi) is 7.34. The van der Waals surface area contributed by atoms with E-state index >= 15 is 0 Å². The molecule has 7 aromatic carbocycles. The molecule has 2 aromatic heterocycles. The molecule has 2 heterocycles. The van der Waals surface area contributed by atoms with Crippen LogP contribution >= 0.6 is 11.3 Å². The lowest BCUT2D eigenvalue weighted by atomic mass is 9.98. The summed E-state index contributed by atoms with van der Waals surface area (Å²) >= 11 is 1.74. The highest BCUT2D eigenvalue weighted by Gasteiger charge is 2.14. The van der Waals surface area contributed by atoms with Crippen molar-refractivity contribution in [2.24, 2.45) is 0 Å². The molecular formula is C45H29N3S. The quantitative estimate of drug-likeness (QED) is 0.181. The third-order valence-corrected chi connectivity index (χ3v) is 9.98. The van der Waals surface area contributed by atoms with E-state index in [4.69, 9.17) is 15.0 Å². The number of hydrogen-bond donors (Lipinski definition) is 0. The second-order valence-corrected chi connectivity index (χ2v) is 13.1. The first-order valence-electron chi connectivity index (χ1n) is 16.4. The molecule has 3 nitrogen and oxygen atoms in total. The van der Waals surface area contributed by atoms with Crippen LogP contribution in [-0.4, -0.2) is 15.0 Å². The number of thiazole rings is 1. The van der Waals surface area contributed by atoms with Gasteiger partial charge in [-0.1, -0.05) is 146 Å². The zero-order valence-corrected chi connectivity index (χ0v) is 27.3. The fourth-order valence-electron chi connectivity index (χ4n) is 6.41. The van der Waals surface area contributed by atoms with E-state index in [1.807, 2.05) is 18.2 Å². The predicted octanol–water partition coefficient (Wildman–Crippen LogP) is 12.2. The smallest absolute Gasteiger partial charge is 0.160 e. The second kappa shape index (κ2) is 12.4. The summed E-state index contributed by atoms with van der Waals surface area (Å²) in [7, 11) is 0. The molecule has 0 aliphatic carbocycles. The maximum atomic E-state index is 5.16. The van der Waals surface area contributed by atoms with E-state index in [0.717, 1.165) is 66.2 Å². The number of aromatic nitrogens is 3. The van der Waals surface area contributed by atoms with E-state index < -0.39 is 0 Å². The average molecular weight is 644 g/mol. The van der Waals surface area contributed by atoms with Gasteiger partial charge in [0.15, 0.2) is 5.82 Å². The van der Waals surface area contributed by atoms with Gasteiger partial charge in [0.1, 0.15) is 5.01 Å². The number of fused-ring (bicyclic) bond motifs is 3. The van der Waals surface area contributed by atoms with Gasteiger partial charge >= 0.3 is 0 Å². The minimum atomic E-state index is 0.696. The number of hydrogen-bond acceptors (Lipinski definition) is 4. The van der Waals surface area contributed by atoms with Gasteiger partial charge in [-0.15, -0.1) is 11.3 Å². The SMILES string of the molecule is c1ccc(-c2cccc(-c3cc(-c4ccccc4)nc(-c4cccc(-c5ccc6c(ccc7sc(-c8ccccc8)nc76)c5)c4)n3)c2)cc1. The summed E-state index contributed by atoms with van der Waals surface area (Å²) in [6.07, 6.45) is 0. The second-order valence-electron chi connectivity index (χ2n) is 12.1. The molecule has 0 amide bonds. The van der Waals surface area contributed by atoms with E-state index in [1.165, 1.54) is 15.6 Å². The molecule has 230 valence electrons. The Bertz CT molecular complexity index is 2590. The van der Waals surface area contributed by atoms with E-state index in [1.54, 1.807) is 11.3 Å². The monoisotopic (exact) mass is 643 g/mol. The molecule has 0 bridgehead atoms. The first-order valence-corrected chi connectivity index (χ1v) is 17.2. The lowest BCUT2D eigenvalue weighted by Crippen LogP contribution is -1.96. The molecule has 0 fully saturated rings. The summed E-state index contributed by atoms with van der Waals surface area (Å²) in [6, 6.07) is 61.5. The highest BCUT2D eigenvalue weighted by molar-refractivity contribution is 7.21. The van der Waals surface area contributed by atoms with Crippen molar-refractivity contribution in [3.8, 4) is 66.7 Å². The van der Waals surface area contributed by atoms with E-state index in [9.17, 15) is 0 Å². The largest absolute Gasteiger partial charge is 0.235 e. The molecule has 4 heteroatoms. The van der Waals surface area contributed by atoms with Crippen LogP contribution in [0.25, 0.3) is 87.7 Å². The van der Waals surface area contributed by atoms with Gasteiger partial charge in [0.05, 0.1) is 21.6 Å². The molecule has 0 aliphatic rings. The molecule has 0 radical (unpaired) electrons. The van der Waals surface area contributed by atoms with Gasteiger partial charge in [-0.2, -0.15) is 0 Å². The van der Waals surface area contributed by atoms with Crippen molar-refractivity contribution in [2.45, 2.75) is 0 Å². The Hall–Kier alpha value is -6.23. The van der Waals surface area contributed by atoms with Crippen LogP contribution in [-0.2, 0) is 0 Å². The zero-order valence-electron chi connectivity index (χ0n) is 26.5. The van der Waals surface area contributed by atoms with E-state index in [0.29, 0.717) is 5.82 Å². The van der Waals surface area contributed by atoms with Crippen LogP contribution in [0.3, 0.4) is 0 Å². The predicted molar refractivity (Wildman–Crippen MR) is 205 cm³/mol. The van der Waals surface area contributed by atoms with E-state index in [-0.39, 0.29) is 0 Å². The van der Waals surface area contributed by atoms with Gasteiger partial charge in [0, 0.05) is 27.6 Å². The lowest BCUT2D eigenvalue weighted by molar-refractivity contribution is 1.18. The van der Waals surface area contributed by atoms with Crippen molar-refractivity contribution in [3.05, 3.63) is 176 Å². The van der Waals surface area contributed by atoms with Gasteiger partial charge < -0.3 is 0 Å². The zero-order chi connectivity index (χ0) is 32.6. The molecule has 0 aliphatic heterocycles. The summed E-state index contributed by atoms with van der Waals surface area (Å²) in [4.78, 5) is 15.3. The average Bonchev–Trinajstić information content (AvgIpc) is 3.64. The summed E-state index contributed by atoms with van der Waals surface area (Å²) in [5, 5.41) is 3.38. The van der Waals surface area contributed by atoms with Gasteiger partial charge in [-0.3, -0.25) is 0 Å².